The Balaban J connectivity index is 2.62. The minimum absolute atomic E-state index is 0.324. The third-order valence-electron chi connectivity index (χ3n) is 1.99. The predicted octanol–water partition coefficient (Wildman–Crippen LogP) is 1.09. The van der Waals surface area contributed by atoms with E-state index in [9.17, 15) is 0 Å². The molecule has 1 aromatic heterocycles. The highest BCUT2D eigenvalue weighted by Gasteiger charge is 2.08. The van der Waals surface area contributed by atoms with Crippen LogP contribution in [0.2, 0.25) is 0 Å². The van der Waals surface area contributed by atoms with Crippen LogP contribution < -0.4 is 5.32 Å². The van der Waals surface area contributed by atoms with Crippen molar-refractivity contribution in [2.45, 2.75) is 19.4 Å². The molecule has 0 aliphatic heterocycles. The van der Waals surface area contributed by atoms with E-state index in [1.807, 2.05) is 19.4 Å². The highest BCUT2D eigenvalue weighted by Crippen LogP contribution is 2.14. The molecule has 3 heteroatoms. The Bertz CT molecular complexity index is 295. The van der Waals surface area contributed by atoms with Gasteiger partial charge in [-0.2, -0.15) is 5.10 Å². The standard InChI is InChI=1S/C10H15N3/c1-4-6-11-10(5-2)9-7-12-13(3)8-9/h1,7-8,10-11H,5-6H2,2-3H3. The van der Waals surface area contributed by atoms with Crippen LogP contribution in [0.3, 0.4) is 0 Å². The lowest BCUT2D eigenvalue weighted by Crippen LogP contribution is -2.20. The molecule has 0 fully saturated rings. The Morgan fingerprint density at radius 2 is 2.54 bits per heavy atom. The zero-order chi connectivity index (χ0) is 9.68. The average Bonchev–Trinajstić information content (AvgIpc) is 2.54. The van der Waals surface area contributed by atoms with Crippen LogP contribution in [0.15, 0.2) is 12.4 Å². The first-order valence-electron chi connectivity index (χ1n) is 4.43. The predicted molar refractivity (Wildman–Crippen MR) is 53.1 cm³/mol. The molecule has 0 amide bonds. The Kier molecular flexibility index (Phi) is 3.53. The van der Waals surface area contributed by atoms with E-state index in [0.29, 0.717) is 12.6 Å². The lowest BCUT2D eigenvalue weighted by Gasteiger charge is -2.12. The molecule has 3 nitrogen and oxygen atoms in total. The van der Waals surface area contributed by atoms with Crippen molar-refractivity contribution in [2.24, 2.45) is 7.05 Å². The van der Waals surface area contributed by atoms with Crippen LogP contribution >= 0.6 is 0 Å². The van der Waals surface area contributed by atoms with Crippen molar-refractivity contribution in [3.05, 3.63) is 18.0 Å². The van der Waals surface area contributed by atoms with Crippen molar-refractivity contribution >= 4 is 0 Å². The second-order valence-electron chi connectivity index (χ2n) is 2.99. The summed E-state index contributed by atoms with van der Waals surface area (Å²) in [6.07, 6.45) is 10.1. The van der Waals surface area contributed by atoms with E-state index in [1.165, 1.54) is 5.56 Å². The molecule has 0 aliphatic rings. The number of hydrogen-bond donors (Lipinski definition) is 1. The minimum Gasteiger partial charge on any atom is -0.299 e. The monoisotopic (exact) mass is 177 g/mol. The van der Waals surface area contributed by atoms with E-state index < -0.39 is 0 Å². The second kappa shape index (κ2) is 4.68. The SMILES string of the molecule is C#CCNC(CC)c1cnn(C)c1. The maximum atomic E-state index is 5.18. The molecule has 0 radical (unpaired) electrons. The Morgan fingerprint density at radius 3 is 3.00 bits per heavy atom. The summed E-state index contributed by atoms with van der Waals surface area (Å²) >= 11 is 0. The fraction of sp³-hybridized carbons (Fsp3) is 0.500. The largest absolute Gasteiger partial charge is 0.299 e. The smallest absolute Gasteiger partial charge is 0.0578 e. The molecule has 70 valence electrons. The Morgan fingerprint density at radius 1 is 1.77 bits per heavy atom. The van der Waals surface area contributed by atoms with Crippen LogP contribution in [0.4, 0.5) is 0 Å². The summed E-state index contributed by atoms with van der Waals surface area (Å²) < 4.78 is 1.80. The van der Waals surface area contributed by atoms with Gasteiger partial charge >= 0.3 is 0 Å². The Hall–Kier alpha value is -1.27. The third kappa shape index (κ3) is 2.60. The fourth-order valence-electron chi connectivity index (χ4n) is 1.30. The van der Waals surface area contributed by atoms with Crippen LogP contribution in [0.5, 0.6) is 0 Å². The number of hydrogen-bond acceptors (Lipinski definition) is 2. The summed E-state index contributed by atoms with van der Waals surface area (Å²) in [5.74, 6) is 2.57. The van der Waals surface area contributed by atoms with Crippen LogP contribution in [0, 0.1) is 12.3 Å². The van der Waals surface area contributed by atoms with Gasteiger partial charge in [-0.15, -0.1) is 6.42 Å². The molecule has 1 atom stereocenters. The van der Waals surface area contributed by atoms with Crippen molar-refractivity contribution in [2.75, 3.05) is 6.54 Å². The summed E-state index contributed by atoms with van der Waals surface area (Å²) in [6.45, 7) is 2.73. The molecule has 1 rings (SSSR count). The molecule has 1 aromatic rings. The lowest BCUT2D eigenvalue weighted by atomic mass is 10.1. The van der Waals surface area contributed by atoms with E-state index in [4.69, 9.17) is 6.42 Å². The van der Waals surface area contributed by atoms with Gasteiger partial charge < -0.3 is 0 Å². The summed E-state index contributed by atoms with van der Waals surface area (Å²) in [6, 6.07) is 0.324. The van der Waals surface area contributed by atoms with Gasteiger partial charge in [0.25, 0.3) is 0 Å². The van der Waals surface area contributed by atoms with Gasteiger partial charge in [0.05, 0.1) is 12.7 Å². The molecule has 1 unspecified atom stereocenters. The summed E-state index contributed by atoms with van der Waals surface area (Å²) in [5, 5.41) is 7.38. The molecule has 0 aliphatic carbocycles. The van der Waals surface area contributed by atoms with Crippen molar-refractivity contribution in [1.82, 2.24) is 15.1 Å². The molecular weight excluding hydrogens is 162 g/mol. The van der Waals surface area contributed by atoms with Gasteiger partial charge in [-0.3, -0.25) is 10.00 Å². The zero-order valence-electron chi connectivity index (χ0n) is 8.12. The molecule has 0 saturated carbocycles. The zero-order valence-corrected chi connectivity index (χ0v) is 8.12. The van der Waals surface area contributed by atoms with Crippen molar-refractivity contribution in [3.63, 3.8) is 0 Å². The number of aromatic nitrogens is 2. The highest BCUT2D eigenvalue weighted by molar-refractivity contribution is 5.10. The number of aryl methyl sites for hydroxylation is 1. The van der Waals surface area contributed by atoms with E-state index in [0.717, 1.165) is 6.42 Å². The number of nitrogens with zero attached hydrogens (tertiary/aromatic N) is 2. The van der Waals surface area contributed by atoms with Crippen LogP contribution in [0.1, 0.15) is 24.9 Å². The molecule has 0 saturated heterocycles. The second-order valence-corrected chi connectivity index (χ2v) is 2.99. The molecule has 0 aromatic carbocycles. The van der Waals surface area contributed by atoms with Crippen LogP contribution in [-0.2, 0) is 7.05 Å². The maximum Gasteiger partial charge on any atom is 0.0578 e. The topological polar surface area (TPSA) is 29.9 Å². The van der Waals surface area contributed by atoms with Gasteiger partial charge in [0.15, 0.2) is 0 Å². The third-order valence-corrected chi connectivity index (χ3v) is 1.99. The van der Waals surface area contributed by atoms with Gasteiger partial charge in [0, 0.05) is 24.8 Å². The summed E-state index contributed by atoms with van der Waals surface area (Å²) in [7, 11) is 1.91. The number of terminal acetylenes is 1. The molecule has 1 N–H and O–H groups in total. The van der Waals surface area contributed by atoms with Crippen molar-refractivity contribution in [3.8, 4) is 12.3 Å². The average molecular weight is 177 g/mol. The van der Waals surface area contributed by atoms with E-state index in [2.05, 4.69) is 23.3 Å². The van der Waals surface area contributed by atoms with Crippen LogP contribution in [0.25, 0.3) is 0 Å². The number of rotatable bonds is 4. The first kappa shape index (κ1) is 9.82. The van der Waals surface area contributed by atoms with Crippen LogP contribution in [-0.4, -0.2) is 16.3 Å². The molecule has 0 spiro atoms. The van der Waals surface area contributed by atoms with Crippen molar-refractivity contribution in [1.29, 1.82) is 0 Å². The molecular formula is C10H15N3. The quantitative estimate of drug-likeness (QED) is 0.698. The molecule has 13 heavy (non-hydrogen) atoms. The lowest BCUT2D eigenvalue weighted by molar-refractivity contribution is 0.555. The molecule has 0 bridgehead atoms. The summed E-state index contributed by atoms with van der Waals surface area (Å²) in [4.78, 5) is 0. The van der Waals surface area contributed by atoms with Gasteiger partial charge in [0.2, 0.25) is 0 Å². The van der Waals surface area contributed by atoms with E-state index in [1.54, 1.807) is 4.68 Å². The Labute approximate surface area is 79.1 Å². The fourth-order valence-corrected chi connectivity index (χ4v) is 1.30. The highest BCUT2D eigenvalue weighted by atomic mass is 15.2. The van der Waals surface area contributed by atoms with E-state index in [-0.39, 0.29) is 0 Å². The first-order valence-corrected chi connectivity index (χ1v) is 4.43. The van der Waals surface area contributed by atoms with Gasteiger partial charge in [-0.1, -0.05) is 12.8 Å². The maximum absolute atomic E-state index is 5.18. The van der Waals surface area contributed by atoms with Crippen molar-refractivity contribution < 1.29 is 0 Å². The molecule has 1 heterocycles. The van der Waals surface area contributed by atoms with Gasteiger partial charge in [-0.25, -0.2) is 0 Å². The van der Waals surface area contributed by atoms with E-state index >= 15 is 0 Å². The number of nitrogens with one attached hydrogen (secondary N) is 1. The summed E-state index contributed by atoms with van der Waals surface area (Å²) in [5.41, 5.74) is 1.19. The normalized spacial score (nSPS) is 12.4. The first-order chi connectivity index (χ1) is 6.27. The van der Waals surface area contributed by atoms with Gasteiger partial charge in [-0.05, 0) is 6.42 Å². The minimum atomic E-state index is 0.324. The van der Waals surface area contributed by atoms with Gasteiger partial charge in [0.1, 0.15) is 0 Å².